The quantitative estimate of drug-likeness (QED) is 0.316. The predicted molar refractivity (Wildman–Crippen MR) is 179 cm³/mol. The summed E-state index contributed by atoms with van der Waals surface area (Å²) in [4.78, 5) is 32.6. The summed E-state index contributed by atoms with van der Waals surface area (Å²) < 4.78 is 55.2. The fourth-order valence-corrected chi connectivity index (χ4v) is 6.47. The lowest BCUT2D eigenvalue weighted by molar-refractivity contribution is -0.00835. The smallest absolute Gasteiger partial charge is 0.323 e. The lowest BCUT2D eigenvalue weighted by Crippen LogP contribution is -2.48. The Morgan fingerprint density at radius 3 is 2.50 bits per heavy atom. The number of aryl methyl sites for hydroxylation is 1. The predicted octanol–water partition coefficient (Wildman–Crippen LogP) is 4.32. The van der Waals surface area contributed by atoms with E-state index < -0.39 is 39.9 Å². The summed E-state index contributed by atoms with van der Waals surface area (Å²) in [5, 5.41) is 15.4. The number of rotatable bonds is 8. The number of fused-ring (bicyclic) bond motifs is 1. The van der Waals surface area contributed by atoms with Crippen LogP contribution in [0.25, 0.3) is 0 Å². The number of ether oxygens (including phenoxy) is 2. The summed E-state index contributed by atoms with van der Waals surface area (Å²) in [7, 11) is -0.741. The second-order valence-corrected chi connectivity index (χ2v) is 14.3. The summed E-state index contributed by atoms with van der Waals surface area (Å²) in [6.45, 7) is 5.68. The SMILES string of the molecule is C[C@H]1CCCCO[C@H](CN(C)S(=O)(=O)c2cn(C)cn2)[C@@H](C)CN([C@@H](C)CO)C(=O)c2cc(NC(=O)Nc3ccc(F)cc3)ccc2O1. The standard InChI is InChI=1S/C33H45FN6O7S/c1-22-17-40(23(2)20-41)32(42)28-16-27(37-33(43)36-26-11-9-25(34)10-12-26)13-14-29(28)47-24(3)8-6-7-15-46-30(22)18-39(5)48(44,45)31-19-38(4)21-35-31/h9-14,16,19,21-24,30,41H,6-8,15,17-18,20H2,1-5H3,(H2,36,37,43)/t22-,23-,24-,30+/m0/s1. The van der Waals surface area contributed by atoms with Crippen LogP contribution in [0.1, 0.15) is 50.4 Å². The van der Waals surface area contributed by atoms with Gasteiger partial charge in [-0.2, -0.15) is 4.31 Å². The van der Waals surface area contributed by atoms with Gasteiger partial charge in [-0.1, -0.05) is 6.92 Å². The monoisotopic (exact) mass is 688 g/mol. The van der Waals surface area contributed by atoms with Crippen molar-refractivity contribution < 1.29 is 37.0 Å². The molecule has 15 heteroatoms. The zero-order valence-corrected chi connectivity index (χ0v) is 28.7. The van der Waals surface area contributed by atoms with Crippen molar-refractivity contribution in [2.24, 2.45) is 13.0 Å². The number of hydrogen-bond acceptors (Lipinski definition) is 8. The van der Waals surface area contributed by atoms with E-state index in [0.29, 0.717) is 36.6 Å². The number of imidazole rings is 1. The van der Waals surface area contributed by atoms with Crippen molar-refractivity contribution >= 4 is 33.3 Å². The first-order valence-corrected chi connectivity index (χ1v) is 17.3. The lowest BCUT2D eigenvalue weighted by Gasteiger charge is -2.35. The first kappa shape index (κ1) is 36.8. The van der Waals surface area contributed by atoms with Crippen LogP contribution in [0, 0.1) is 11.7 Å². The molecular weight excluding hydrogens is 643 g/mol. The highest BCUT2D eigenvalue weighted by molar-refractivity contribution is 7.89. The number of halogens is 1. The molecule has 4 rings (SSSR count). The number of carbonyl (C=O) groups excluding carboxylic acids is 2. The number of aliphatic hydroxyl groups excluding tert-OH is 1. The molecule has 48 heavy (non-hydrogen) atoms. The van der Waals surface area contributed by atoms with Crippen molar-refractivity contribution in [1.29, 1.82) is 0 Å². The molecule has 2 aromatic carbocycles. The number of nitrogens with zero attached hydrogens (tertiary/aromatic N) is 4. The van der Waals surface area contributed by atoms with Gasteiger partial charge in [0.25, 0.3) is 15.9 Å². The molecule has 0 unspecified atom stereocenters. The van der Waals surface area contributed by atoms with Crippen LogP contribution in [0.3, 0.4) is 0 Å². The van der Waals surface area contributed by atoms with Crippen LogP contribution >= 0.6 is 0 Å². The van der Waals surface area contributed by atoms with Gasteiger partial charge in [-0.3, -0.25) is 4.79 Å². The first-order chi connectivity index (χ1) is 22.8. The topological polar surface area (TPSA) is 155 Å². The second-order valence-electron chi connectivity index (χ2n) is 12.3. The van der Waals surface area contributed by atoms with Crippen molar-refractivity contribution in [2.45, 2.75) is 63.3 Å². The van der Waals surface area contributed by atoms with Gasteiger partial charge >= 0.3 is 6.03 Å². The Hall–Kier alpha value is -4.05. The number of aliphatic hydroxyl groups is 1. The zero-order valence-electron chi connectivity index (χ0n) is 27.9. The number of urea groups is 1. The third-order valence-corrected chi connectivity index (χ3v) is 9.91. The summed E-state index contributed by atoms with van der Waals surface area (Å²) in [6, 6.07) is 8.85. The van der Waals surface area contributed by atoms with Gasteiger partial charge in [-0.15, -0.1) is 0 Å². The third kappa shape index (κ3) is 9.52. The van der Waals surface area contributed by atoms with Crippen molar-refractivity contribution in [1.82, 2.24) is 18.8 Å². The van der Waals surface area contributed by atoms with Crippen molar-refractivity contribution in [3.63, 3.8) is 0 Å². The van der Waals surface area contributed by atoms with Crippen molar-refractivity contribution in [2.75, 3.05) is 44.0 Å². The Bertz CT molecular complexity index is 1650. The number of benzene rings is 2. The summed E-state index contributed by atoms with van der Waals surface area (Å²) in [5.74, 6) is -0.919. The molecule has 0 bridgehead atoms. The maximum atomic E-state index is 14.3. The lowest BCUT2D eigenvalue weighted by atomic mass is 10.0. The molecule has 0 saturated heterocycles. The zero-order chi connectivity index (χ0) is 35.0. The van der Waals surface area contributed by atoms with Gasteiger partial charge in [0.15, 0.2) is 5.03 Å². The molecule has 0 spiro atoms. The van der Waals surface area contributed by atoms with Gasteiger partial charge in [0, 0.05) is 57.3 Å². The van der Waals surface area contributed by atoms with Gasteiger partial charge in [0.1, 0.15) is 11.6 Å². The van der Waals surface area contributed by atoms with Crippen molar-refractivity contribution in [3.05, 3.63) is 66.4 Å². The molecule has 4 atom stereocenters. The number of carbonyl (C=O) groups is 2. The van der Waals surface area contributed by atoms with Crippen LogP contribution in [-0.4, -0.2) is 95.8 Å². The Morgan fingerprint density at radius 1 is 1.15 bits per heavy atom. The maximum absolute atomic E-state index is 14.3. The van der Waals surface area contributed by atoms with E-state index in [9.17, 15) is 27.5 Å². The molecule has 3 N–H and O–H groups in total. The van der Waals surface area contributed by atoms with Crippen LogP contribution in [0.15, 0.2) is 60.0 Å². The Morgan fingerprint density at radius 2 is 1.83 bits per heavy atom. The van der Waals surface area contributed by atoms with Crippen LogP contribution in [0.2, 0.25) is 0 Å². The van der Waals surface area contributed by atoms with E-state index in [2.05, 4.69) is 15.6 Å². The van der Waals surface area contributed by atoms with Gasteiger partial charge in [-0.05, 0) is 75.6 Å². The van der Waals surface area contributed by atoms with E-state index in [4.69, 9.17) is 9.47 Å². The molecule has 262 valence electrons. The normalized spacial score (nSPS) is 20.4. The highest BCUT2D eigenvalue weighted by Gasteiger charge is 2.33. The number of hydrogen-bond donors (Lipinski definition) is 3. The third-order valence-electron chi connectivity index (χ3n) is 8.20. The summed E-state index contributed by atoms with van der Waals surface area (Å²) in [6.07, 6.45) is 4.16. The van der Waals surface area contributed by atoms with E-state index in [-0.39, 0.29) is 42.3 Å². The fraction of sp³-hybridized carbons (Fsp3) is 0.485. The van der Waals surface area contributed by atoms with Crippen molar-refractivity contribution in [3.8, 4) is 5.75 Å². The fourth-order valence-electron chi connectivity index (χ4n) is 5.32. The molecule has 0 aliphatic carbocycles. The summed E-state index contributed by atoms with van der Waals surface area (Å²) >= 11 is 0. The van der Waals surface area contributed by atoms with Gasteiger partial charge < -0.3 is 34.7 Å². The van der Waals surface area contributed by atoms with E-state index >= 15 is 0 Å². The molecule has 0 radical (unpaired) electrons. The molecule has 1 aliphatic rings. The Labute approximate surface area is 281 Å². The van der Waals surface area contributed by atoms with Gasteiger partial charge in [-0.25, -0.2) is 22.6 Å². The molecule has 2 heterocycles. The molecule has 0 saturated carbocycles. The molecule has 1 aromatic heterocycles. The molecule has 13 nitrogen and oxygen atoms in total. The van der Waals surface area contributed by atoms with E-state index in [0.717, 1.165) is 6.42 Å². The second kappa shape index (κ2) is 16.4. The number of amides is 3. The Balaban J connectivity index is 1.62. The van der Waals surface area contributed by atoms with Crippen LogP contribution < -0.4 is 15.4 Å². The van der Waals surface area contributed by atoms with Crippen LogP contribution in [0.5, 0.6) is 5.75 Å². The highest BCUT2D eigenvalue weighted by Crippen LogP contribution is 2.29. The first-order valence-electron chi connectivity index (χ1n) is 15.9. The minimum Gasteiger partial charge on any atom is -0.490 e. The number of sulfonamides is 1. The molecule has 3 aromatic rings. The van der Waals surface area contributed by atoms with E-state index in [1.54, 1.807) is 30.7 Å². The average Bonchev–Trinajstić information content (AvgIpc) is 3.50. The molecule has 1 aliphatic heterocycles. The molecule has 3 amide bonds. The number of likely N-dealkylation sites (N-methyl/N-ethyl adjacent to an activating group) is 1. The molecule has 0 fully saturated rings. The minimum atomic E-state index is -3.90. The largest absolute Gasteiger partial charge is 0.490 e. The maximum Gasteiger partial charge on any atom is 0.323 e. The van der Waals surface area contributed by atoms with Crippen LogP contribution in [-0.2, 0) is 21.8 Å². The number of aromatic nitrogens is 2. The van der Waals surface area contributed by atoms with E-state index in [1.165, 1.54) is 59.1 Å². The molecular formula is C33H45FN6O7S. The van der Waals surface area contributed by atoms with Crippen LogP contribution in [0.4, 0.5) is 20.6 Å². The highest BCUT2D eigenvalue weighted by atomic mass is 32.2. The summed E-state index contributed by atoms with van der Waals surface area (Å²) in [5.41, 5.74) is 0.872. The van der Waals surface area contributed by atoms with Gasteiger partial charge in [0.2, 0.25) is 0 Å². The van der Waals surface area contributed by atoms with Gasteiger partial charge in [0.05, 0.1) is 36.7 Å². The Kier molecular flexibility index (Phi) is 12.5. The number of nitrogens with one attached hydrogen (secondary N) is 2. The minimum absolute atomic E-state index is 0.0168. The average molecular weight is 689 g/mol. The van der Waals surface area contributed by atoms with E-state index in [1.807, 2.05) is 13.8 Å². The number of anilines is 2.